The molecule has 0 N–H and O–H groups in total. The Morgan fingerprint density at radius 2 is 1.96 bits per heavy atom. The lowest BCUT2D eigenvalue weighted by atomic mass is 10.1. The molecule has 0 saturated heterocycles. The summed E-state index contributed by atoms with van der Waals surface area (Å²) in [5, 5.41) is 0.779. The number of fused-ring (bicyclic) bond motifs is 1. The molecule has 0 aliphatic rings. The monoisotopic (exact) mass is 351 g/mol. The molecule has 0 fully saturated rings. The largest absolute Gasteiger partial charge is 0.461 e. The fraction of sp³-hybridized carbons (Fsp3) is 0.353. The predicted octanol–water partition coefficient (Wildman–Crippen LogP) is 4.07. The van der Waals surface area contributed by atoms with Gasteiger partial charge in [-0.25, -0.2) is 14.2 Å². The average molecular weight is 352 g/mol. The minimum atomic E-state index is -0.786. The van der Waals surface area contributed by atoms with E-state index < -0.39 is 17.7 Å². The summed E-state index contributed by atoms with van der Waals surface area (Å²) in [5.74, 6) is -0.780. The van der Waals surface area contributed by atoms with Gasteiger partial charge in [0.1, 0.15) is 11.3 Å². The zero-order chi connectivity index (χ0) is 18.1. The molecule has 0 spiro atoms. The lowest BCUT2D eigenvalue weighted by Gasteiger charge is -2.20. The maximum Gasteiger partial charge on any atom is 0.419 e. The maximum absolute atomic E-state index is 12.6. The molecule has 0 unspecified atom stereocenters. The van der Waals surface area contributed by atoms with Gasteiger partial charge in [-0.15, -0.1) is 0 Å². The van der Waals surface area contributed by atoms with Gasteiger partial charge in [-0.05, 0) is 39.8 Å². The molecule has 0 bridgehead atoms. The van der Waals surface area contributed by atoms with Crippen LogP contribution in [-0.2, 0) is 9.47 Å². The smallest absolute Gasteiger partial charge is 0.419 e. The number of halogens is 1. The van der Waals surface area contributed by atoms with Gasteiger partial charge in [0.2, 0.25) is 0 Å². The molecule has 2 rings (SSSR count). The summed E-state index contributed by atoms with van der Waals surface area (Å²) >= 11 is 6.00. The van der Waals surface area contributed by atoms with Gasteiger partial charge in [0, 0.05) is 10.4 Å². The molecule has 7 heteroatoms. The fourth-order valence-electron chi connectivity index (χ4n) is 2.30. The molecule has 0 amide bonds. The van der Waals surface area contributed by atoms with Crippen molar-refractivity contribution in [2.24, 2.45) is 0 Å². The average Bonchev–Trinajstić information content (AvgIpc) is 2.79. The number of hydrogen-bond donors (Lipinski definition) is 0. The van der Waals surface area contributed by atoms with Crippen molar-refractivity contribution in [3.63, 3.8) is 0 Å². The second-order valence-corrected chi connectivity index (χ2v) is 6.51. The van der Waals surface area contributed by atoms with Crippen LogP contribution in [0.1, 0.15) is 48.5 Å². The first-order valence-electron chi connectivity index (χ1n) is 7.39. The first kappa shape index (κ1) is 18.0. The fourth-order valence-corrected chi connectivity index (χ4v) is 2.47. The summed E-state index contributed by atoms with van der Waals surface area (Å²) in [7, 11) is 0. The molecule has 24 heavy (non-hydrogen) atoms. The quantitative estimate of drug-likeness (QED) is 0.615. The standard InChI is InChI=1S/C17H18ClNO5/c1-5-23-15(21)14-12(9-20)11-7-6-10(18)8-13(11)19(14)16(22)24-17(2,3)4/h6-9H,5H2,1-4H3. The van der Waals surface area contributed by atoms with E-state index in [1.807, 2.05) is 0 Å². The number of ether oxygens (including phenoxy) is 2. The van der Waals surface area contributed by atoms with E-state index in [1.54, 1.807) is 39.8 Å². The molecule has 0 atom stereocenters. The third-order valence-electron chi connectivity index (χ3n) is 3.13. The summed E-state index contributed by atoms with van der Waals surface area (Å²) in [6.07, 6.45) is -0.269. The first-order valence-corrected chi connectivity index (χ1v) is 7.77. The van der Waals surface area contributed by atoms with E-state index in [2.05, 4.69) is 0 Å². The van der Waals surface area contributed by atoms with Gasteiger partial charge in [0.05, 0.1) is 17.7 Å². The number of aromatic nitrogens is 1. The molecule has 0 aliphatic carbocycles. The highest BCUT2D eigenvalue weighted by atomic mass is 35.5. The Balaban J connectivity index is 2.80. The van der Waals surface area contributed by atoms with Crippen LogP contribution in [0.2, 0.25) is 5.02 Å². The number of aldehydes is 1. The molecule has 1 aromatic heterocycles. The molecule has 0 radical (unpaired) electrons. The first-order chi connectivity index (χ1) is 11.2. The van der Waals surface area contributed by atoms with Crippen LogP contribution < -0.4 is 0 Å². The second-order valence-electron chi connectivity index (χ2n) is 6.08. The Kier molecular flexibility index (Phi) is 4.99. The van der Waals surface area contributed by atoms with Crippen LogP contribution in [0.5, 0.6) is 0 Å². The number of esters is 1. The van der Waals surface area contributed by atoms with Gasteiger partial charge < -0.3 is 9.47 Å². The van der Waals surface area contributed by atoms with Crippen molar-refractivity contribution < 1.29 is 23.9 Å². The van der Waals surface area contributed by atoms with Crippen LogP contribution in [-0.4, -0.2) is 35.1 Å². The molecule has 0 saturated carbocycles. The van der Waals surface area contributed by atoms with E-state index in [1.165, 1.54) is 6.07 Å². The third-order valence-corrected chi connectivity index (χ3v) is 3.37. The van der Waals surface area contributed by atoms with Crippen LogP contribution in [0.3, 0.4) is 0 Å². The van der Waals surface area contributed by atoms with E-state index in [0.29, 0.717) is 22.2 Å². The van der Waals surface area contributed by atoms with Crippen molar-refractivity contribution >= 4 is 40.9 Å². The van der Waals surface area contributed by atoms with Crippen LogP contribution >= 0.6 is 11.6 Å². The Bertz CT molecular complexity index is 816. The molecule has 6 nitrogen and oxygen atoms in total. The van der Waals surface area contributed by atoms with Gasteiger partial charge >= 0.3 is 12.1 Å². The molecule has 1 heterocycles. The van der Waals surface area contributed by atoms with Crippen molar-refractivity contribution in [1.82, 2.24) is 4.57 Å². The molecule has 2 aromatic rings. The Morgan fingerprint density at radius 1 is 1.29 bits per heavy atom. The minimum Gasteiger partial charge on any atom is -0.461 e. The third kappa shape index (κ3) is 3.43. The number of carbonyl (C=O) groups excluding carboxylic acids is 3. The summed E-state index contributed by atoms with van der Waals surface area (Å²) < 4.78 is 11.4. The normalized spacial score (nSPS) is 11.4. The molecular weight excluding hydrogens is 334 g/mol. The lowest BCUT2D eigenvalue weighted by Crippen LogP contribution is -2.29. The van der Waals surface area contributed by atoms with Crippen LogP contribution in [0.4, 0.5) is 4.79 Å². The highest BCUT2D eigenvalue weighted by molar-refractivity contribution is 6.31. The highest BCUT2D eigenvalue weighted by Crippen LogP contribution is 2.29. The number of carbonyl (C=O) groups is 3. The van der Waals surface area contributed by atoms with Crippen LogP contribution in [0.15, 0.2) is 18.2 Å². The number of nitrogens with zero attached hydrogens (tertiary/aromatic N) is 1. The van der Waals surface area contributed by atoms with Crippen molar-refractivity contribution in [3.05, 3.63) is 34.5 Å². The SMILES string of the molecule is CCOC(=O)c1c(C=O)c2ccc(Cl)cc2n1C(=O)OC(C)(C)C. The Labute approximate surface area is 144 Å². The summed E-state index contributed by atoms with van der Waals surface area (Å²) in [6, 6.07) is 4.65. The Hall–Kier alpha value is -2.34. The number of hydrogen-bond acceptors (Lipinski definition) is 5. The Morgan fingerprint density at radius 3 is 2.50 bits per heavy atom. The van der Waals surface area contributed by atoms with E-state index in [4.69, 9.17) is 21.1 Å². The van der Waals surface area contributed by atoms with Crippen molar-refractivity contribution in [2.45, 2.75) is 33.3 Å². The topological polar surface area (TPSA) is 74.6 Å². The van der Waals surface area contributed by atoms with Gasteiger partial charge in [-0.2, -0.15) is 0 Å². The molecular formula is C17H18ClNO5. The summed E-state index contributed by atoms with van der Waals surface area (Å²) in [6.45, 7) is 6.85. The summed E-state index contributed by atoms with van der Waals surface area (Å²) in [5.41, 5.74) is -0.578. The number of benzene rings is 1. The molecule has 128 valence electrons. The van der Waals surface area contributed by atoms with Gasteiger partial charge in [0.25, 0.3) is 0 Å². The molecule has 1 aromatic carbocycles. The molecule has 0 aliphatic heterocycles. The minimum absolute atomic E-state index is 0.0611. The highest BCUT2D eigenvalue weighted by Gasteiger charge is 2.30. The van der Waals surface area contributed by atoms with Gasteiger partial charge in [0.15, 0.2) is 6.29 Å². The van der Waals surface area contributed by atoms with Gasteiger partial charge in [-0.1, -0.05) is 17.7 Å². The summed E-state index contributed by atoms with van der Waals surface area (Å²) in [4.78, 5) is 36.5. The maximum atomic E-state index is 12.6. The van der Waals surface area contributed by atoms with E-state index in [0.717, 1.165) is 4.57 Å². The van der Waals surface area contributed by atoms with E-state index in [-0.39, 0.29) is 17.9 Å². The predicted molar refractivity (Wildman–Crippen MR) is 89.9 cm³/mol. The van der Waals surface area contributed by atoms with Crippen molar-refractivity contribution in [3.8, 4) is 0 Å². The van der Waals surface area contributed by atoms with Crippen molar-refractivity contribution in [1.29, 1.82) is 0 Å². The lowest BCUT2D eigenvalue weighted by molar-refractivity contribution is 0.0452. The second kappa shape index (κ2) is 6.65. The van der Waals surface area contributed by atoms with Gasteiger partial charge in [-0.3, -0.25) is 4.79 Å². The zero-order valence-corrected chi connectivity index (χ0v) is 14.6. The van der Waals surface area contributed by atoms with Crippen LogP contribution in [0, 0.1) is 0 Å². The van der Waals surface area contributed by atoms with E-state index in [9.17, 15) is 14.4 Å². The zero-order valence-electron chi connectivity index (χ0n) is 13.9. The van der Waals surface area contributed by atoms with Crippen molar-refractivity contribution in [2.75, 3.05) is 6.61 Å². The van der Waals surface area contributed by atoms with E-state index >= 15 is 0 Å². The number of rotatable bonds is 3. The van der Waals surface area contributed by atoms with Crippen LogP contribution in [0.25, 0.3) is 10.9 Å².